The van der Waals surface area contributed by atoms with Gasteiger partial charge in [-0.3, -0.25) is 4.79 Å². The van der Waals surface area contributed by atoms with E-state index in [2.05, 4.69) is 33.1 Å². The van der Waals surface area contributed by atoms with Crippen molar-refractivity contribution in [3.8, 4) is 0 Å². The highest BCUT2D eigenvalue weighted by atomic mass is 79.9. The van der Waals surface area contributed by atoms with E-state index in [1.165, 1.54) is 0 Å². The van der Waals surface area contributed by atoms with Gasteiger partial charge in [0.25, 0.3) is 0 Å². The first-order valence-electron chi connectivity index (χ1n) is 5.46. The van der Waals surface area contributed by atoms with E-state index in [9.17, 15) is 4.79 Å². The Morgan fingerprint density at radius 2 is 2.20 bits per heavy atom. The van der Waals surface area contributed by atoms with Crippen LogP contribution in [0.2, 0.25) is 0 Å². The third-order valence-corrected chi connectivity index (χ3v) is 3.84. The summed E-state index contributed by atoms with van der Waals surface area (Å²) in [5, 5.41) is 6.25. The van der Waals surface area contributed by atoms with Gasteiger partial charge in [0.2, 0.25) is 5.91 Å². The molecule has 84 valence electrons. The van der Waals surface area contributed by atoms with E-state index in [0.717, 1.165) is 36.8 Å². The van der Waals surface area contributed by atoms with Gasteiger partial charge >= 0.3 is 0 Å². The molecule has 2 N–H and O–H groups in total. The van der Waals surface area contributed by atoms with E-state index < -0.39 is 0 Å². The molecule has 4 heteroatoms. The Balaban J connectivity index is 1.81. The van der Waals surface area contributed by atoms with E-state index in [4.69, 9.17) is 0 Å². The van der Waals surface area contributed by atoms with Crippen LogP contribution in [0.1, 0.15) is 19.3 Å². The van der Waals surface area contributed by atoms with Crippen LogP contribution in [0.3, 0.4) is 0 Å². The second kappa shape index (κ2) is 4.26. The normalized spacial score (nSPS) is 27.4. The quantitative estimate of drug-likeness (QED) is 0.816. The number of hydrogen-bond acceptors (Lipinski definition) is 2. The van der Waals surface area contributed by atoms with Crippen molar-refractivity contribution in [2.24, 2.45) is 11.3 Å². The van der Waals surface area contributed by atoms with E-state index >= 15 is 0 Å². The number of piperidine rings is 1. The molecule has 1 saturated carbocycles. The van der Waals surface area contributed by atoms with Gasteiger partial charge in [-0.05, 0) is 37.8 Å². The minimum absolute atomic E-state index is 0.206. The molecule has 15 heavy (non-hydrogen) atoms. The minimum Gasteiger partial charge on any atom is -0.351 e. The molecule has 1 aliphatic heterocycles. The Hall–Kier alpha value is -0.350. The minimum atomic E-state index is 0.206. The molecule has 1 spiro atoms. The zero-order valence-electron chi connectivity index (χ0n) is 8.81. The second-order valence-electron chi connectivity index (χ2n) is 4.60. The van der Waals surface area contributed by atoms with Crippen molar-refractivity contribution in [2.75, 3.05) is 19.6 Å². The summed E-state index contributed by atoms with van der Waals surface area (Å²) in [7, 11) is 0. The molecular formula is C11H17BrN2O. The highest BCUT2D eigenvalue weighted by molar-refractivity contribution is 9.11. The lowest BCUT2D eigenvalue weighted by atomic mass is 9.92. The summed E-state index contributed by atoms with van der Waals surface area (Å²) in [4.78, 5) is 11.8. The van der Waals surface area contributed by atoms with Gasteiger partial charge < -0.3 is 10.6 Å². The van der Waals surface area contributed by atoms with Crippen LogP contribution >= 0.6 is 15.9 Å². The molecular weight excluding hydrogens is 256 g/mol. The molecule has 1 atom stereocenters. The van der Waals surface area contributed by atoms with Crippen LogP contribution in [-0.4, -0.2) is 25.5 Å². The summed E-state index contributed by atoms with van der Waals surface area (Å²) in [6.45, 7) is 6.38. The summed E-state index contributed by atoms with van der Waals surface area (Å²) in [6, 6.07) is 0. The lowest BCUT2D eigenvalue weighted by Gasteiger charge is -2.23. The fraction of sp³-hybridized carbons (Fsp3) is 0.727. The molecule has 2 rings (SSSR count). The Morgan fingerprint density at radius 1 is 1.53 bits per heavy atom. The summed E-state index contributed by atoms with van der Waals surface area (Å²) >= 11 is 3.24. The molecule has 0 radical (unpaired) electrons. The molecule has 2 aliphatic rings. The predicted molar refractivity (Wildman–Crippen MR) is 63.7 cm³/mol. The largest absolute Gasteiger partial charge is 0.351 e. The maximum absolute atomic E-state index is 11.8. The smallest absolute Gasteiger partial charge is 0.223 e. The van der Waals surface area contributed by atoms with Gasteiger partial charge in [0.15, 0.2) is 0 Å². The van der Waals surface area contributed by atoms with Crippen molar-refractivity contribution >= 4 is 21.8 Å². The first-order valence-corrected chi connectivity index (χ1v) is 6.25. The fourth-order valence-electron chi connectivity index (χ4n) is 2.50. The van der Waals surface area contributed by atoms with Gasteiger partial charge in [-0.2, -0.15) is 0 Å². The molecule has 1 heterocycles. The fourth-order valence-corrected chi connectivity index (χ4v) is 2.64. The van der Waals surface area contributed by atoms with Crippen LogP contribution in [0.25, 0.3) is 0 Å². The third-order valence-electron chi connectivity index (χ3n) is 3.56. The number of carbonyl (C=O) groups excluding carboxylic acids is 1. The Morgan fingerprint density at radius 3 is 2.80 bits per heavy atom. The van der Waals surface area contributed by atoms with Crippen molar-refractivity contribution in [3.05, 3.63) is 11.1 Å². The first-order chi connectivity index (χ1) is 7.14. The Labute approximate surface area is 98.8 Å². The molecule has 1 aliphatic carbocycles. The van der Waals surface area contributed by atoms with Gasteiger partial charge in [-0.1, -0.05) is 22.5 Å². The molecule has 1 unspecified atom stereocenters. The highest BCUT2D eigenvalue weighted by Crippen LogP contribution is 2.58. The lowest BCUT2D eigenvalue weighted by Crippen LogP contribution is -2.34. The van der Waals surface area contributed by atoms with Crippen LogP contribution < -0.4 is 10.6 Å². The Kier molecular flexibility index (Phi) is 3.16. The SMILES string of the molecule is C=C(Br)CNC(=O)C1CC12CCNCC2. The average Bonchev–Trinajstić information content (AvgIpc) is 2.90. The van der Waals surface area contributed by atoms with E-state index in [0.29, 0.717) is 12.0 Å². The zero-order chi connectivity index (χ0) is 10.9. The molecule has 0 aromatic rings. The Bertz CT molecular complexity index is 284. The summed E-state index contributed by atoms with van der Waals surface area (Å²) in [6.07, 6.45) is 3.38. The standard InChI is InChI=1S/C11H17BrN2O/c1-8(12)7-14-10(15)9-6-11(9)2-4-13-5-3-11/h9,13H,1-7H2,(H,14,15). The van der Waals surface area contributed by atoms with Gasteiger partial charge in [0.1, 0.15) is 0 Å². The molecule has 0 aromatic carbocycles. The van der Waals surface area contributed by atoms with Gasteiger partial charge in [-0.15, -0.1) is 0 Å². The van der Waals surface area contributed by atoms with Crippen LogP contribution in [-0.2, 0) is 4.79 Å². The van der Waals surface area contributed by atoms with E-state index in [-0.39, 0.29) is 11.8 Å². The predicted octanol–water partition coefficient (Wildman–Crippen LogP) is 1.40. The molecule has 0 aromatic heterocycles. The zero-order valence-corrected chi connectivity index (χ0v) is 10.4. The number of amides is 1. The van der Waals surface area contributed by atoms with Crippen LogP contribution in [0.15, 0.2) is 11.1 Å². The molecule has 1 amide bonds. The van der Waals surface area contributed by atoms with Crippen LogP contribution in [0, 0.1) is 11.3 Å². The van der Waals surface area contributed by atoms with Crippen molar-refractivity contribution in [2.45, 2.75) is 19.3 Å². The summed E-state index contributed by atoms with van der Waals surface area (Å²) < 4.78 is 0.830. The lowest BCUT2D eigenvalue weighted by molar-refractivity contribution is -0.123. The maximum Gasteiger partial charge on any atom is 0.223 e. The number of halogens is 1. The van der Waals surface area contributed by atoms with Gasteiger partial charge in [-0.25, -0.2) is 0 Å². The van der Waals surface area contributed by atoms with Crippen molar-refractivity contribution in [1.29, 1.82) is 0 Å². The molecule has 2 fully saturated rings. The number of carbonyl (C=O) groups is 1. The van der Waals surface area contributed by atoms with Crippen molar-refractivity contribution in [1.82, 2.24) is 10.6 Å². The van der Waals surface area contributed by atoms with Crippen molar-refractivity contribution < 1.29 is 4.79 Å². The molecule has 3 nitrogen and oxygen atoms in total. The van der Waals surface area contributed by atoms with Crippen LogP contribution in [0.5, 0.6) is 0 Å². The maximum atomic E-state index is 11.8. The second-order valence-corrected chi connectivity index (χ2v) is 5.73. The monoisotopic (exact) mass is 272 g/mol. The van der Waals surface area contributed by atoms with Gasteiger partial charge in [0, 0.05) is 16.9 Å². The molecule has 0 bridgehead atoms. The molecule has 1 saturated heterocycles. The van der Waals surface area contributed by atoms with Crippen molar-refractivity contribution in [3.63, 3.8) is 0 Å². The summed E-state index contributed by atoms with van der Waals surface area (Å²) in [5.74, 6) is 0.462. The van der Waals surface area contributed by atoms with E-state index in [1.54, 1.807) is 0 Å². The number of rotatable bonds is 3. The van der Waals surface area contributed by atoms with Crippen LogP contribution in [0.4, 0.5) is 0 Å². The van der Waals surface area contributed by atoms with Gasteiger partial charge in [0.05, 0.1) is 0 Å². The topological polar surface area (TPSA) is 41.1 Å². The number of hydrogen-bond donors (Lipinski definition) is 2. The third kappa shape index (κ3) is 2.42. The summed E-state index contributed by atoms with van der Waals surface area (Å²) in [5.41, 5.74) is 0.336. The number of nitrogens with one attached hydrogen (secondary N) is 2. The average molecular weight is 273 g/mol. The van der Waals surface area contributed by atoms with E-state index in [1.807, 2.05) is 0 Å². The first kappa shape index (κ1) is 11.1. The highest BCUT2D eigenvalue weighted by Gasteiger charge is 2.57.